The number of imidazole rings is 1. The first-order valence-corrected chi connectivity index (χ1v) is 22.8. The minimum absolute atomic E-state index is 0.0547. The predicted octanol–water partition coefficient (Wildman–Crippen LogP) is 8.49. The molecule has 14 heteroatoms. The Balaban J connectivity index is 0.748. The van der Waals surface area contributed by atoms with Gasteiger partial charge in [0.05, 0.1) is 41.1 Å². The van der Waals surface area contributed by atoms with Crippen molar-refractivity contribution in [3.8, 4) is 28.1 Å². The number of hydrogen-bond acceptors (Lipinski definition) is 10. The maximum atomic E-state index is 15.3. The summed E-state index contributed by atoms with van der Waals surface area (Å²) < 4.78 is 36.6. The lowest BCUT2D eigenvalue weighted by Crippen LogP contribution is -2.38. The Labute approximate surface area is 370 Å². The molecule has 4 aromatic heterocycles. The van der Waals surface area contributed by atoms with Crippen molar-refractivity contribution in [3.63, 3.8) is 0 Å². The van der Waals surface area contributed by atoms with E-state index in [0.29, 0.717) is 19.4 Å². The zero-order chi connectivity index (χ0) is 43.3. The van der Waals surface area contributed by atoms with Crippen molar-refractivity contribution in [1.82, 2.24) is 39.8 Å². The number of rotatable bonds is 18. The first-order chi connectivity index (χ1) is 30.8. The van der Waals surface area contributed by atoms with E-state index in [-0.39, 0.29) is 18.3 Å². The van der Waals surface area contributed by atoms with Gasteiger partial charge in [0.2, 0.25) is 0 Å². The molecule has 12 nitrogen and oxygen atoms in total. The van der Waals surface area contributed by atoms with Crippen LogP contribution in [0.1, 0.15) is 41.8 Å². The number of nitrogens with one attached hydrogen (secondary N) is 2. The number of fused-ring (bicyclic) bond motifs is 4. The van der Waals surface area contributed by atoms with Gasteiger partial charge in [-0.15, -0.1) is 11.3 Å². The van der Waals surface area contributed by atoms with Crippen molar-refractivity contribution >= 4 is 50.1 Å². The number of ether oxygens (including phenoxy) is 2. The van der Waals surface area contributed by atoms with Crippen LogP contribution in [0, 0.1) is 19.7 Å². The molecule has 0 spiro atoms. The van der Waals surface area contributed by atoms with E-state index in [1.165, 1.54) is 33.4 Å². The van der Waals surface area contributed by atoms with Gasteiger partial charge in [0, 0.05) is 90.5 Å². The Hall–Kier alpha value is -5.93. The summed E-state index contributed by atoms with van der Waals surface area (Å²) in [7, 11) is 0. The van der Waals surface area contributed by atoms with E-state index in [1.54, 1.807) is 17.4 Å². The van der Waals surface area contributed by atoms with Gasteiger partial charge in [-0.1, -0.05) is 35.5 Å². The second-order valence-corrected chi connectivity index (χ2v) is 16.9. The SMILES string of the molecule is CCn1c2ccc(CNCCCNC(=O)COc3ccc(CCc4nc5cc(-c6c(C)noc6C)ccc5n4CCN4CCOCC4)cc3F)cc2c2ccc(-c3cscn3)cc21. The standard InChI is InChI=1S/C49H53FN8O4S/c1-4-57-43-12-6-35(24-39(43)38-11-9-36(27-45(38)57)42-30-63-31-53-42)28-51-16-5-17-52-48(59)29-61-46-14-7-34(25-40(46)50)8-15-47-54-41-26-37(49-32(2)55-62-33(49)3)10-13-44(41)58(47)19-18-56-20-22-60-23-21-56/h6-7,9-14,24-27,30-31,51H,4-5,8,15-23,28-29H2,1-3H3,(H,52,59). The average Bonchev–Trinajstić information content (AvgIpc) is 4.10. The molecule has 0 bridgehead atoms. The molecule has 0 radical (unpaired) electrons. The van der Waals surface area contributed by atoms with Crippen LogP contribution in [0.3, 0.4) is 0 Å². The van der Waals surface area contributed by atoms with E-state index < -0.39 is 5.82 Å². The lowest BCUT2D eigenvalue weighted by molar-refractivity contribution is -0.123. The highest BCUT2D eigenvalue weighted by Gasteiger charge is 2.19. The van der Waals surface area contributed by atoms with E-state index in [9.17, 15) is 4.79 Å². The van der Waals surface area contributed by atoms with Gasteiger partial charge in [-0.25, -0.2) is 14.4 Å². The monoisotopic (exact) mass is 868 g/mol. The van der Waals surface area contributed by atoms with E-state index in [1.807, 2.05) is 25.4 Å². The number of aromatic nitrogens is 5. The van der Waals surface area contributed by atoms with Crippen molar-refractivity contribution in [3.05, 3.63) is 118 Å². The van der Waals surface area contributed by atoms with Crippen LogP contribution in [0.15, 0.2) is 88.2 Å². The molecule has 63 heavy (non-hydrogen) atoms. The van der Waals surface area contributed by atoms with Gasteiger partial charge in [-0.05, 0) is 99.3 Å². The summed E-state index contributed by atoms with van der Waals surface area (Å²) in [6, 6.07) is 24.6. The van der Waals surface area contributed by atoms with Crippen molar-refractivity contribution in [2.75, 3.05) is 52.5 Å². The van der Waals surface area contributed by atoms with Gasteiger partial charge >= 0.3 is 0 Å². The number of hydrogen-bond donors (Lipinski definition) is 2. The zero-order valence-corrected chi connectivity index (χ0v) is 36.9. The van der Waals surface area contributed by atoms with Crippen molar-refractivity contribution < 1.29 is 23.2 Å². The molecule has 8 aromatic rings. The topological polar surface area (TPSA) is 125 Å². The van der Waals surface area contributed by atoms with Crippen LogP contribution in [0.5, 0.6) is 5.75 Å². The van der Waals surface area contributed by atoms with Gasteiger partial charge in [0.15, 0.2) is 18.2 Å². The molecule has 326 valence electrons. The molecule has 0 unspecified atom stereocenters. The average molecular weight is 869 g/mol. The number of halogens is 1. The van der Waals surface area contributed by atoms with Crippen LogP contribution >= 0.6 is 11.3 Å². The van der Waals surface area contributed by atoms with Gasteiger partial charge in [-0.2, -0.15) is 0 Å². The third-order valence-electron chi connectivity index (χ3n) is 12.0. The predicted molar refractivity (Wildman–Crippen MR) is 247 cm³/mol. The lowest BCUT2D eigenvalue weighted by atomic mass is 10.0. The molecular weight excluding hydrogens is 816 g/mol. The highest BCUT2D eigenvalue weighted by atomic mass is 32.1. The van der Waals surface area contributed by atoms with Crippen LogP contribution in [0.4, 0.5) is 4.39 Å². The Morgan fingerprint density at radius 2 is 1.71 bits per heavy atom. The first kappa shape index (κ1) is 42.4. The summed E-state index contributed by atoms with van der Waals surface area (Å²) in [6.45, 7) is 13.6. The molecule has 0 atom stereocenters. The number of carbonyl (C=O) groups is 1. The minimum atomic E-state index is -0.493. The third kappa shape index (κ3) is 9.40. The molecule has 9 rings (SSSR count). The number of benzene rings is 4. The van der Waals surface area contributed by atoms with Crippen LogP contribution < -0.4 is 15.4 Å². The summed E-state index contributed by atoms with van der Waals surface area (Å²) in [5, 5.41) is 15.1. The lowest BCUT2D eigenvalue weighted by Gasteiger charge is -2.27. The molecule has 2 N–H and O–H groups in total. The molecule has 4 aromatic carbocycles. The third-order valence-corrected chi connectivity index (χ3v) is 12.6. The molecule has 0 aliphatic carbocycles. The zero-order valence-electron chi connectivity index (χ0n) is 36.1. The quantitative estimate of drug-likeness (QED) is 0.0818. The van der Waals surface area contributed by atoms with E-state index >= 15 is 4.39 Å². The highest BCUT2D eigenvalue weighted by Crippen LogP contribution is 2.34. The number of nitrogens with zero attached hydrogens (tertiary/aromatic N) is 6. The number of carbonyl (C=O) groups excluding carboxylic acids is 1. The van der Waals surface area contributed by atoms with Crippen molar-refractivity contribution in [2.45, 2.75) is 59.7 Å². The fraction of sp³-hybridized carbons (Fsp3) is 0.347. The molecular formula is C49H53FN8O4S. The molecule has 0 saturated carbocycles. The number of amides is 1. The van der Waals surface area contributed by atoms with Crippen LogP contribution in [-0.4, -0.2) is 87.6 Å². The maximum Gasteiger partial charge on any atom is 0.257 e. The second-order valence-electron chi connectivity index (χ2n) is 16.2. The molecule has 1 aliphatic heterocycles. The first-order valence-electron chi connectivity index (χ1n) is 21.9. The number of aryl methyl sites for hydroxylation is 5. The van der Waals surface area contributed by atoms with Gasteiger partial charge < -0.3 is 33.8 Å². The summed E-state index contributed by atoms with van der Waals surface area (Å²) in [6.07, 6.45) is 1.97. The molecule has 1 fully saturated rings. The second kappa shape index (κ2) is 19.2. The van der Waals surface area contributed by atoms with E-state index in [4.69, 9.17) is 19.0 Å². The van der Waals surface area contributed by atoms with Crippen molar-refractivity contribution in [2.24, 2.45) is 0 Å². The minimum Gasteiger partial charge on any atom is -0.481 e. The Kier molecular flexibility index (Phi) is 12.9. The Morgan fingerprint density at radius 3 is 2.51 bits per heavy atom. The maximum absolute atomic E-state index is 15.3. The highest BCUT2D eigenvalue weighted by molar-refractivity contribution is 7.07. The van der Waals surface area contributed by atoms with Crippen LogP contribution in [-0.2, 0) is 42.0 Å². The fourth-order valence-corrected chi connectivity index (χ4v) is 9.35. The van der Waals surface area contributed by atoms with Gasteiger partial charge in [0.1, 0.15) is 11.6 Å². The molecule has 1 amide bonds. The van der Waals surface area contributed by atoms with Crippen LogP contribution in [0.2, 0.25) is 0 Å². The van der Waals surface area contributed by atoms with E-state index in [0.717, 1.165) is 122 Å². The largest absolute Gasteiger partial charge is 0.481 e. The summed E-state index contributed by atoms with van der Waals surface area (Å²) in [5.41, 5.74) is 13.3. The Bertz CT molecular complexity index is 2840. The normalized spacial score (nSPS) is 13.5. The molecule has 1 saturated heterocycles. The van der Waals surface area contributed by atoms with E-state index in [2.05, 4.69) is 102 Å². The smallest absolute Gasteiger partial charge is 0.257 e. The number of morpholine rings is 1. The van der Waals surface area contributed by atoms with Gasteiger partial charge in [-0.3, -0.25) is 9.69 Å². The van der Waals surface area contributed by atoms with Crippen molar-refractivity contribution in [1.29, 1.82) is 0 Å². The Morgan fingerprint density at radius 1 is 0.873 bits per heavy atom. The molecule has 1 aliphatic rings. The molecule has 5 heterocycles. The van der Waals surface area contributed by atoms with Crippen LogP contribution in [0.25, 0.3) is 55.2 Å². The van der Waals surface area contributed by atoms with Gasteiger partial charge in [0.25, 0.3) is 5.91 Å². The summed E-state index contributed by atoms with van der Waals surface area (Å²) in [4.78, 5) is 24.6. The fourth-order valence-electron chi connectivity index (χ4n) is 8.79. The number of thiazole rings is 1. The summed E-state index contributed by atoms with van der Waals surface area (Å²) in [5.74, 6) is 0.994. The summed E-state index contributed by atoms with van der Waals surface area (Å²) >= 11 is 1.61.